The van der Waals surface area contributed by atoms with Crippen LogP contribution in [0.25, 0.3) is 0 Å². The van der Waals surface area contributed by atoms with E-state index in [0.29, 0.717) is 18.1 Å². The van der Waals surface area contributed by atoms with Gasteiger partial charge >= 0.3 is 0 Å². The number of nitrogens with zero attached hydrogens (tertiary/aromatic N) is 4. The van der Waals surface area contributed by atoms with E-state index in [0.717, 1.165) is 31.5 Å². The van der Waals surface area contributed by atoms with Gasteiger partial charge in [-0.3, -0.25) is 9.78 Å². The fourth-order valence-electron chi connectivity index (χ4n) is 3.06. The van der Waals surface area contributed by atoms with Gasteiger partial charge in [0.25, 0.3) is 5.91 Å². The Balaban J connectivity index is 1.72. The molecule has 0 bridgehead atoms. The van der Waals surface area contributed by atoms with E-state index in [1.54, 1.807) is 30.7 Å². The Bertz CT molecular complexity index is 706. The first-order chi connectivity index (χ1) is 12.1. The topological polar surface area (TPSA) is 58.6 Å². The summed E-state index contributed by atoms with van der Waals surface area (Å²) in [6, 6.07) is 7.57. The van der Waals surface area contributed by atoms with Gasteiger partial charge in [-0.1, -0.05) is 0 Å². The molecule has 1 amide bonds. The maximum Gasteiger partial charge on any atom is 0.254 e. The predicted octanol–water partition coefficient (Wildman–Crippen LogP) is 2.39. The molecule has 0 aliphatic carbocycles. The van der Waals surface area contributed by atoms with Gasteiger partial charge in [0.1, 0.15) is 6.61 Å². The van der Waals surface area contributed by atoms with Gasteiger partial charge in [0.05, 0.1) is 6.04 Å². The second-order valence-electron chi connectivity index (χ2n) is 6.47. The number of hydrogen-bond acceptors (Lipinski definition) is 5. The van der Waals surface area contributed by atoms with E-state index in [2.05, 4.69) is 9.97 Å². The van der Waals surface area contributed by atoms with Crippen LogP contribution in [0.3, 0.4) is 0 Å². The van der Waals surface area contributed by atoms with Gasteiger partial charge in [0.2, 0.25) is 5.88 Å². The maximum atomic E-state index is 13.0. The van der Waals surface area contributed by atoms with Crippen molar-refractivity contribution >= 4 is 5.91 Å². The molecule has 1 aliphatic rings. The number of hydrogen-bond donors (Lipinski definition) is 0. The van der Waals surface area contributed by atoms with Gasteiger partial charge in [0, 0.05) is 43.3 Å². The number of carbonyl (C=O) groups is 1. The fourth-order valence-corrected chi connectivity index (χ4v) is 3.06. The molecule has 3 heterocycles. The Labute approximate surface area is 148 Å². The zero-order chi connectivity index (χ0) is 17.6. The van der Waals surface area contributed by atoms with E-state index in [4.69, 9.17) is 4.74 Å². The third-order valence-corrected chi connectivity index (χ3v) is 4.37. The van der Waals surface area contributed by atoms with Crippen molar-refractivity contribution in [2.75, 3.05) is 33.8 Å². The molecule has 1 fully saturated rings. The standard InChI is InChI=1S/C19H24N4O2/c1-22(2)12-13-25-18-14-16(7-10-21-18)19(24)23-11-3-4-17(23)15-5-8-20-9-6-15/h5-10,14,17H,3-4,11-13H2,1-2H3/t17-/m0/s1. The van der Waals surface area contributed by atoms with Gasteiger partial charge in [-0.25, -0.2) is 4.98 Å². The molecule has 132 valence electrons. The second kappa shape index (κ2) is 8.07. The molecule has 25 heavy (non-hydrogen) atoms. The first-order valence-corrected chi connectivity index (χ1v) is 8.59. The van der Waals surface area contributed by atoms with E-state index < -0.39 is 0 Å². The quantitative estimate of drug-likeness (QED) is 0.808. The number of aromatic nitrogens is 2. The van der Waals surface area contributed by atoms with Gasteiger partial charge < -0.3 is 14.5 Å². The summed E-state index contributed by atoms with van der Waals surface area (Å²) in [5, 5.41) is 0. The van der Waals surface area contributed by atoms with Crippen LogP contribution in [0.4, 0.5) is 0 Å². The largest absolute Gasteiger partial charge is 0.476 e. The summed E-state index contributed by atoms with van der Waals surface area (Å²) < 4.78 is 5.65. The molecule has 2 aromatic heterocycles. The van der Waals surface area contributed by atoms with Gasteiger partial charge in [-0.05, 0) is 50.7 Å². The van der Waals surface area contributed by atoms with Crippen molar-refractivity contribution in [2.24, 2.45) is 0 Å². The molecule has 1 saturated heterocycles. The molecule has 0 radical (unpaired) electrons. The molecule has 0 saturated carbocycles. The lowest BCUT2D eigenvalue weighted by atomic mass is 10.1. The molecule has 6 nitrogen and oxygen atoms in total. The minimum atomic E-state index is 0.0270. The zero-order valence-corrected chi connectivity index (χ0v) is 14.8. The number of ether oxygens (including phenoxy) is 1. The van der Waals surface area contributed by atoms with Crippen molar-refractivity contribution in [3.8, 4) is 5.88 Å². The van der Waals surface area contributed by atoms with Crippen LogP contribution in [0.15, 0.2) is 42.9 Å². The molecule has 2 aromatic rings. The third kappa shape index (κ3) is 4.33. The highest BCUT2D eigenvalue weighted by Gasteiger charge is 2.30. The average molecular weight is 340 g/mol. The SMILES string of the molecule is CN(C)CCOc1cc(C(=O)N2CCC[C@H]2c2ccncc2)ccn1. The first kappa shape index (κ1) is 17.4. The lowest BCUT2D eigenvalue weighted by Gasteiger charge is -2.25. The van der Waals surface area contributed by atoms with Crippen LogP contribution in [-0.2, 0) is 0 Å². The average Bonchev–Trinajstić information content (AvgIpc) is 3.11. The highest BCUT2D eigenvalue weighted by Crippen LogP contribution is 2.32. The monoisotopic (exact) mass is 340 g/mol. The molecule has 0 aromatic carbocycles. The van der Waals surface area contributed by atoms with Gasteiger partial charge in [0.15, 0.2) is 0 Å². The number of rotatable bonds is 6. The van der Waals surface area contributed by atoms with Crippen LogP contribution in [0.1, 0.15) is 34.8 Å². The maximum absolute atomic E-state index is 13.0. The Hall–Kier alpha value is -2.47. The summed E-state index contributed by atoms with van der Waals surface area (Å²) in [5.74, 6) is 0.520. The van der Waals surface area contributed by atoms with Gasteiger partial charge in [-0.15, -0.1) is 0 Å². The van der Waals surface area contributed by atoms with E-state index in [9.17, 15) is 4.79 Å². The van der Waals surface area contributed by atoms with Crippen molar-refractivity contribution in [3.05, 3.63) is 54.0 Å². The second-order valence-corrected chi connectivity index (χ2v) is 6.47. The Morgan fingerprint density at radius 1 is 1.28 bits per heavy atom. The van der Waals surface area contributed by atoms with Gasteiger partial charge in [-0.2, -0.15) is 0 Å². The molecule has 0 spiro atoms. The molecule has 6 heteroatoms. The Kier molecular flexibility index (Phi) is 5.60. The van der Waals surface area contributed by atoms with Crippen molar-refractivity contribution in [1.29, 1.82) is 0 Å². The van der Waals surface area contributed by atoms with Crippen LogP contribution < -0.4 is 4.74 Å². The molecule has 3 rings (SSSR count). The Morgan fingerprint density at radius 2 is 2.08 bits per heavy atom. The van der Waals surface area contributed by atoms with E-state index >= 15 is 0 Å². The molecule has 1 aliphatic heterocycles. The lowest BCUT2D eigenvalue weighted by Crippen LogP contribution is -2.30. The summed E-state index contributed by atoms with van der Waals surface area (Å²) in [4.78, 5) is 25.2. The minimum absolute atomic E-state index is 0.0270. The molecule has 1 atom stereocenters. The number of likely N-dealkylation sites (N-methyl/N-ethyl adjacent to an activating group) is 1. The number of likely N-dealkylation sites (tertiary alicyclic amines) is 1. The van der Waals surface area contributed by atoms with E-state index in [1.807, 2.05) is 36.0 Å². The highest BCUT2D eigenvalue weighted by molar-refractivity contribution is 5.94. The fraction of sp³-hybridized carbons (Fsp3) is 0.421. The number of pyridine rings is 2. The van der Waals surface area contributed by atoms with Crippen LogP contribution >= 0.6 is 0 Å². The minimum Gasteiger partial charge on any atom is -0.476 e. The molecule has 0 unspecified atom stereocenters. The number of amides is 1. The summed E-state index contributed by atoms with van der Waals surface area (Å²) in [5.41, 5.74) is 1.76. The molecular formula is C19H24N4O2. The van der Waals surface area contributed by atoms with Crippen LogP contribution in [0.2, 0.25) is 0 Å². The first-order valence-electron chi connectivity index (χ1n) is 8.59. The van der Waals surface area contributed by atoms with E-state index in [-0.39, 0.29) is 11.9 Å². The van der Waals surface area contributed by atoms with Crippen molar-refractivity contribution in [1.82, 2.24) is 19.8 Å². The number of carbonyl (C=O) groups excluding carboxylic acids is 1. The lowest BCUT2D eigenvalue weighted by molar-refractivity contribution is 0.0735. The zero-order valence-electron chi connectivity index (χ0n) is 14.8. The summed E-state index contributed by atoms with van der Waals surface area (Å²) >= 11 is 0. The summed E-state index contributed by atoms with van der Waals surface area (Å²) in [7, 11) is 3.98. The van der Waals surface area contributed by atoms with E-state index in [1.165, 1.54) is 0 Å². The summed E-state index contributed by atoms with van der Waals surface area (Å²) in [6.45, 7) is 2.11. The molecular weight excluding hydrogens is 316 g/mol. The van der Waals surface area contributed by atoms with Crippen LogP contribution in [0, 0.1) is 0 Å². The third-order valence-electron chi connectivity index (χ3n) is 4.37. The van der Waals surface area contributed by atoms with Crippen LogP contribution in [-0.4, -0.2) is 59.5 Å². The molecule has 0 N–H and O–H groups in total. The predicted molar refractivity (Wildman–Crippen MR) is 95.5 cm³/mol. The van der Waals surface area contributed by atoms with Crippen molar-refractivity contribution in [3.63, 3.8) is 0 Å². The smallest absolute Gasteiger partial charge is 0.254 e. The highest BCUT2D eigenvalue weighted by atomic mass is 16.5. The summed E-state index contributed by atoms with van der Waals surface area (Å²) in [6.07, 6.45) is 7.18. The Morgan fingerprint density at radius 3 is 2.84 bits per heavy atom. The van der Waals surface area contributed by atoms with Crippen molar-refractivity contribution < 1.29 is 9.53 Å². The van der Waals surface area contributed by atoms with Crippen LogP contribution in [0.5, 0.6) is 5.88 Å². The van der Waals surface area contributed by atoms with Crippen molar-refractivity contribution in [2.45, 2.75) is 18.9 Å². The normalized spacial score (nSPS) is 17.1.